The molecule has 0 aliphatic carbocycles. The molecule has 0 heterocycles. The third-order valence-corrected chi connectivity index (χ3v) is 6.53. The molecule has 3 rings (SSSR count). The summed E-state index contributed by atoms with van der Waals surface area (Å²) in [4.78, 5) is 28.0. The van der Waals surface area contributed by atoms with Crippen LogP contribution in [0.2, 0.25) is 5.02 Å². The molecule has 0 saturated carbocycles. The molecule has 0 saturated heterocycles. The van der Waals surface area contributed by atoms with Crippen molar-refractivity contribution < 1.29 is 14.0 Å². The van der Waals surface area contributed by atoms with Crippen LogP contribution in [-0.4, -0.2) is 35.1 Å². The lowest BCUT2D eigenvalue weighted by Crippen LogP contribution is -2.51. The molecule has 1 atom stereocenters. The van der Waals surface area contributed by atoms with Crippen molar-refractivity contribution in [3.05, 3.63) is 106 Å². The molecule has 0 radical (unpaired) electrons. The Hall–Kier alpha value is -2.83. The summed E-state index contributed by atoms with van der Waals surface area (Å²) in [7, 11) is 0. The number of carbonyl (C=O) groups excluding carboxylic acids is 2. The van der Waals surface area contributed by atoms with E-state index in [1.54, 1.807) is 24.3 Å². The van der Waals surface area contributed by atoms with Crippen LogP contribution in [0.15, 0.2) is 78.9 Å². The Morgan fingerprint density at radius 1 is 1.00 bits per heavy atom. The van der Waals surface area contributed by atoms with Crippen LogP contribution >= 0.6 is 23.4 Å². The third kappa shape index (κ3) is 7.61. The molecule has 1 N–H and O–H groups in total. The summed E-state index contributed by atoms with van der Waals surface area (Å²) in [6.07, 6.45) is 0.339. The van der Waals surface area contributed by atoms with Crippen molar-refractivity contribution in [1.29, 1.82) is 0 Å². The van der Waals surface area contributed by atoms with E-state index in [-0.39, 0.29) is 24.1 Å². The summed E-state index contributed by atoms with van der Waals surface area (Å²) >= 11 is 7.50. The van der Waals surface area contributed by atoms with E-state index in [1.807, 2.05) is 55.5 Å². The minimum Gasteiger partial charge on any atom is -0.355 e. The number of benzene rings is 3. The molecule has 34 heavy (non-hydrogen) atoms. The Kier molecular flexibility index (Phi) is 9.98. The maximum absolute atomic E-state index is 14.5. The van der Waals surface area contributed by atoms with Gasteiger partial charge in [0.1, 0.15) is 11.9 Å². The minimum atomic E-state index is -0.763. The van der Waals surface area contributed by atoms with Gasteiger partial charge in [-0.1, -0.05) is 72.3 Å². The number of halogens is 2. The number of thioether (sulfide) groups is 1. The first-order valence-corrected chi connectivity index (χ1v) is 12.7. The van der Waals surface area contributed by atoms with E-state index in [0.717, 1.165) is 11.1 Å². The third-order valence-electron chi connectivity index (χ3n) is 5.30. The van der Waals surface area contributed by atoms with Gasteiger partial charge in [0.15, 0.2) is 0 Å². The fraction of sp³-hybridized carbons (Fsp3) is 0.259. The van der Waals surface area contributed by atoms with E-state index in [9.17, 15) is 14.0 Å². The lowest BCUT2D eigenvalue weighted by Gasteiger charge is -2.31. The van der Waals surface area contributed by atoms with Crippen molar-refractivity contribution in [2.24, 2.45) is 0 Å². The smallest absolute Gasteiger partial charge is 0.243 e. The summed E-state index contributed by atoms with van der Waals surface area (Å²) in [5.74, 6) is -0.115. The topological polar surface area (TPSA) is 49.4 Å². The van der Waals surface area contributed by atoms with E-state index in [2.05, 4.69) is 5.32 Å². The Bertz CT molecular complexity index is 1100. The van der Waals surface area contributed by atoms with Crippen molar-refractivity contribution in [2.45, 2.75) is 31.7 Å². The zero-order chi connectivity index (χ0) is 24.3. The second kappa shape index (κ2) is 13.2. The first-order valence-electron chi connectivity index (χ1n) is 11.1. The monoisotopic (exact) mass is 498 g/mol. The van der Waals surface area contributed by atoms with E-state index in [0.29, 0.717) is 29.3 Å². The fourth-order valence-electron chi connectivity index (χ4n) is 3.62. The predicted octanol–water partition coefficient (Wildman–Crippen LogP) is 5.49. The van der Waals surface area contributed by atoms with Crippen LogP contribution in [-0.2, 0) is 28.3 Å². The summed E-state index contributed by atoms with van der Waals surface area (Å²) in [5, 5.41) is 3.49. The molecule has 3 aromatic rings. The molecule has 0 aliphatic rings. The number of nitrogens with one attached hydrogen (secondary N) is 1. The van der Waals surface area contributed by atoms with Gasteiger partial charge in [-0.15, -0.1) is 11.8 Å². The second-order valence-electron chi connectivity index (χ2n) is 7.84. The summed E-state index contributed by atoms with van der Waals surface area (Å²) in [5.41, 5.74) is 2.31. The number of amides is 2. The van der Waals surface area contributed by atoms with Gasteiger partial charge >= 0.3 is 0 Å². The van der Waals surface area contributed by atoms with E-state index in [1.165, 1.54) is 22.7 Å². The van der Waals surface area contributed by atoms with Crippen molar-refractivity contribution >= 4 is 35.2 Å². The molecule has 0 unspecified atom stereocenters. The lowest BCUT2D eigenvalue weighted by atomic mass is 10.0. The van der Waals surface area contributed by atoms with Gasteiger partial charge in [-0.3, -0.25) is 9.59 Å². The van der Waals surface area contributed by atoms with Crippen molar-refractivity contribution in [3.63, 3.8) is 0 Å². The second-order valence-corrected chi connectivity index (χ2v) is 9.26. The van der Waals surface area contributed by atoms with Crippen LogP contribution in [0.4, 0.5) is 4.39 Å². The highest BCUT2D eigenvalue weighted by molar-refractivity contribution is 7.99. The zero-order valence-corrected chi connectivity index (χ0v) is 20.6. The van der Waals surface area contributed by atoms with E-state index in [4.69, 9.17) is 11.6 Å². The quantitative estimate of drug-likeness (QED) is 0.380. The van der Waals surface area contributed by atoms with Gasteiger partial charge in [0.05, 0.1) is 5.75 Å². The maximum Gasteiger partial charge on any atom is 0.243 e. The zero-order valence-electron chi connectivity index (χ0n) is 19.0. The SMILES string of the molecule is CCNC(=O)[C@H](Cc1ccccc1)N(Cc1ccccc1F)C(=O)CSCc1cccc(Cl)c1. The number of rotatable bonds is 11. The Labute approximate surface area is 209 Å². The van der Waals surface area contributed by atoms with E-state index < -0.39 is 11.9 Å². The van der Waals surface area contributed by atoms with Crippen LogP contribution in [0.25, 0.3) is 0 Å². The van der Waals surface area contributed by atoms with Gasteiger partial charge in [0.25, 0.3) is 0 Å². The highest BCUT2D eigenvalue weighted by Gasteiger charge is 2.30. The molecule has 2 amide bonds. The average molecular weight is 499 g/mol. The number of nitrogens with zero attached hydrogens (tertiary/aromatic N) is 1. The fourth-order valence-corrected chi connectivity index (χ4v) is 4.69. The molecule has 0 aromatic heterocycles. The largest absolute Gasteiger partial charge is 0.355 e. The van der Waals surface area contributed by atoms with Crippen LogP contribution < -0.4 is 5.32 Å². The number of hydrogen-bond acceptors (Lipinski definition) is 3. The summed E-state index contributed by atoms with van der Waals surface area (Å²) in [6, 6.07) is 22.6. The van der Waals surface area contributed by atoms with Crippen LogP contribution in [0.1, 0.15) is 23.6 Å². The molecular weight excluding hydrogens is 471 g/mol. The molecule has 0 aliphatic heterocycles. The van der Waals surface area contributed by atoms with Crippen molar-refractivity contribution in [2.75, 3.05) is 12.3 Å². The van der Waals surface area contributed by atoms with E-state index >= 15 is 0 Å². The van der Waals surface area contributed by atoms with Crippen LogP contribution in [0, 0.1) is 5.82 Å². The minimum absolute atomic E-state index is 0.0118. The Morgan fingerprint density at radius 3 is 2.41 bits per heavy atom. The van der Waals surface area contributed by atoms with Crippen LogP contribution in [0.3, 0.4) is 0 Å². The summed E-state index contributed by atoms with van der Waals surface area (Å²) in [6.45, 7) is 2.29. The van der Waals surface area contributed by atoms with Gasteiger partial charge in [0, 0.05) is 35.8 Å². The van der Waals surface area contributed by atoms with Crippen LogP contribution in [0.5, 0.6) is 0 Å². The first-order chi connectivity index (χ1) is 16.5. The normalized spacial score (nSPS) is 11.6. The molecule has 0 bridgehead atoms. The Balaban J connectivity index is 1.83. The van der Waals surface area contributed by atoms with Gasteiger partial charge in [-0.25, -0.2) is 4.39 Å². The number of hydrogen-bond donors (Lipinski definition) is 1. The molecule has 4 nitrogen and oxygen atoms in total. The van der Waals surface area contributed by atoms with Gasteiger partial charge in [0.2, 0.25) is 11.8 Å². The van der Waals surface area contributed by atoms with Gasteiger partial charge in [-0.2, -0.15) is 0 Å². The molecule has 0 fully saturated rings. The van der Waals surface area contributed by atoms with Gasteiger partial charge in [-0.05, 0) is 36.2 Å². The molecule has 0 spiro atoms. The number of carbonyl (C=O) groups is 2. The van der Waals surface area contributed by atoms with Crippen molar-refractivity contribution in [3.8, 4) is 0 Å². The molecule has 178 valence electrons. The standard InChI is InChI=1S/C27H28ClFN2O2S/c1-2-30-27(33)25(16-20-9-4-3-5-10-20)31(17-22-12-6-7-14-24(22)29)26(32)19-34-18-21-11-8-13-23(28)15-21/h3-15,25H,2,16-19H2,1H3,(H,30,33)/t25-/m0/s1. The molecular formula is C27H28ClFN2O2S. The van der Waals surface area contributed by atoms with Gasteiger partial charge < -0.3 is 10.2 Å². The summed E-state index contributed by atoms with van der Waals surface area (Å²) < 4.78 is 14.5. The number of likely N-dealkylation sites (N-methyl/N-ethyl adjacent to an activating group) is 1. The Morgan fingerprint density at radius 2 is 1.71 bits per heavy atom. The highest BCUT2D eigenvalue weighted by atomic mass is 35.5. The molecule has 3 aromatic carbocycles. The predicted molar refractivity (Wildman–Crippen MR) is 137 cm³/mol. The average Bonchev–Trinajstić information content (AvgIpc) is 2.83. The van der Waals surface area contributed by atoms with Crippen molar-refractivity contribution in [1.82, 2.24) is 10.2 Å². The lowest BCUT2D eigenvalue weighted by molar-refractivity contribution is -0.139. The highest BCUT2D eigenvalue weighted by Crippen LogP contribution is 2.20. The first kappa shape index (κ1) is 25.8. The molecule has 7 heteroatoms. The maximum atomic E-state index is 14.5.